The van der Waals surface area contributed by atoms with Gasteiger partial charge in [0.15, 0.2) is 0 Å². The molecule has 3 aromatic rings. The molecule has 0 radical (unpaired) electrons. The van der Waals surface area contributed by atoms with E-state index in [1.165, 1.54) is 0 Å². The van der Waals surface area contributed by atoms with Crippen molar-refractivity contribution < 1.29 is 4.79 Å². The summed E-state index contributed by atoms with van der Waals surface area (Å²) in [4.78, 5) is 19.3. The summed E-state index contributed by atoms with van der Waals surface area (Å²) in [7, 11) is 0. The normalized spacial score (nSPS) is 10.2. The van der Waals surface area contributed by atoms with Crippen molar-refractivity contribution in [3.8, 4) is 6.07 Å². The Morgan fingerprint density at radius 2 is 1.95 bits per heavy atom. The van der Waals surface area contributed by atoms with Gasteiger partial charge in [-0.3, -0.25) is 10.1 Å². The van der Waals surface area contributed by atoms with Crippen LogP contribution in [0, 0.1) is 11.3 Å². The molecule has 0 atom stereocenters. The standard InChI is InChI=1S/C16H12N4O/c17-10-12-7-5-11(6-8-12)9-15(21)20-16-18-13-3-1-2-4-14(13)19-16/h1-8H,9H2,(H2,18,19,20,21). The maximum Gasteiger partial charge on any atom is 0.231 e. The van der Waals surface area contributed by atoms with E-state index < -0.39 is 0 Å². The largest absolute Gasteiger partial charge is 0.324 e. The van der Waals surface area contributed by atoms with Crippen LogP contribution in [0.4, 0.5) is 5.95 Å². The molecule has 0 unspecified atom stereocenters. The highest BCUT2D eigenvalue weighted by molar-refractivity contribution is 5.92. The van der Waals surface area contributed by atoms with Crippen molar-refractivity contribution in [3.63, 3.8) is 0 Å². The Morgan fingerprint density at radius 3 is 2.67 bits per heavy atom. The minimum Gasteiger partial charge on any atom is -0.324 e. The lowest BCUT2D eigenvalue weighted by Gasteiger charge is -2.02. The molecule has 1 amide bonds. The second-order valence-corrected chi connectivity index (χ2v) is 4.64. The number of aromatic amines is 1. The minimum absolute atomic E-state index is 0.154. The Balaban J connectivity index is 1.69. The number of carbonyl (C=O) groups is 1. The molecule has 0 aliphatic rings. The van der Waals surface area contributed by atoms with E-state index in [0.29, 0.717) is 11.5 Å². The number of imidazole rings is 1. The molecule has 2 N–H and O–H groups in total. The lowest BCUT2D eigenvalue weighted by molar-refractivity contribution is -0.115. The zero-order chi connectivity index (χ0) is 14.7. The molecule has 0 saturated carbocycles. The molecular formula is C16H12N4O. The summed E-state index contributed by atoms with van der Waals surface area (Å²) in [5.41, 5.74) is 3.12. The van der Waals surface area contributed by atoms with Crippen LogP contribution in [0.5, 0.6) is 0 Å². The third kappa shape index (κ3) is 2.90. The number of nitrogens with one attached hydrogen (secondary N) is 2. The number of hydrogen-bond acceptors (Lipinski definition) is 3. The number of anilines is 1. The van der Waals surface area contributed by atoms with Crippen molar-refractivity contribution in [1.82, 2.24) is 9.97 Å². The van der Waals surface area contributed by atoms with E-state index >= 15 is 0 Å². The van der Waals surface area contributed by atoms with Gasteiger partial charge in [-0.05, 0) is 29.8 Å². The average molecular weight is 276 g/mol. The Bertz CT molecular complexity index is 794. The fourth-order valence-electron chi connectivity index (χ4n) is 2.07. The molecule has 102 valence electrons. The van der Waals surface area contributed by atoms with Gasteiger partial charge in [-0.2, -0.15) is 5.26 Å². The number of amides is 1. The first-order valence-electron chi connectivity index (χ1n) is 6.48. The Labute approximate surface area is 121 Å². The zero-order valence-electron chi connectivity index (χ0n) is 11.1. The monoisotopic (exact) mass is 276 g/mol. The number of hydrogen-bond donors (Lipinski definition) is 2. The zero-order valence-corrected chi connectivity index (χ0v) is 11.1. The smallest absolute Gasteiger partial charge is 0.231 e. The third-order valence-corrected chi connectivity index (χ3v) is 3.09. The number of aromatic nitrogens is 2. The number of nitriles is 1. The Hall–Kier alpha value is -3.13. The number of rotatable bonds is 3. The van der Waals surface area contributed by atoms with Crippen LogP contribution in [0.3, 0.4) is 0 Å². The molecule has 0 aliphatic heterocycles. The van der Waals surface area contributed by atoms with Gasteiger partial charge in [0.05, 0.1) is 29.1 Å². The molecule has 5 nitrogen and oxygen atoms in total. The Morgan fingerprint density at radius 1 is 1.19 bits per heavy atom. The van der Waals surface area contributed by atoms with Crippen molar-refractivity contribution >= 4 is 22.9 Å². The molecule has 0 aliphatic carbocycles. The number of para-hydroxylation sites is 2. The van der Waals surface area contributed by atoms with E-state index in [9.17, 15) is 4.79 Å². The number of carbonyl (C=O) groups excluding carboxylic acids is 1. The van der Waals surface area contributed by atoms with Crippen LogP contribution in [0.1, 0.15) is 11.1 Å². The first kappa shape index (κ1) is 12.9. The second kappa shape index (κ2) is 5.47. The highest BCUT2D eigenvalue weighted by atomic mass is 16.1. The van der Waals surface area contributed by atoms with Gasteiger partial charge >= 0.3 is 0 Å². The molecular weight excluding hydrogens is 264 g/mol. The maximum atomic E-state index is 12.0. The quantitative estimate of drug-likeness (QED) is 0.771. The first-order chi connectivity index (χ1) is 10.2. The molecule has 0 fully saturated rings. The van der Waals surface area contributed by atoms with Crippen molar-refractivity contribution in [2.45, 2.75) is 6.42 Å². The summed E-state index contributed by atoms with van der Waals surface area (Å²) < 4.78 is 0. The molecule has 2 aromatic carbocycles. The van der Waals surface area contributed by atoms with Crippen LogP contribution >= 0.6 is 0 Å². The predicted molar refractivity (Wildman–Crippen MR) is 79.6 cm³/mol. The van der Waals surface area contributed by atoms with E-state index in [-0.39, 0.29) is 12.3 Å². The molecule has 5 heteroatoms. The van der Waals surface area contributed by atoms with Crippen LogP contribution in [0.2, 0.25) is 0 Å². The molecule has 3 rings (SSSR count). The first-order valence-corrected chi connectivity index (χ1v) is 6.48. The Kier molecular flexibility index (Phi) is 3.36. The summed E-state index contributed by atoms with van der Waals surface area (Å²) in [5, 5.41) is 11.5. The van der Waals surface area contributed by atoms with Crippen LogP contribution in [0.15, 0.2) is 48.5 Å². The van der Waals surface area contributed by atoms with E-state index in [1.807, 2.05) is 30.3 Å². The minimum atomic E-state index is -0.154. The molecule has 1 heterocycles. The summed E-state index contributed by atoms with van der Waals surface area (Å²) in [6.45, 7) is 0. The van der Waals surface area contributed by atoms with E-state index in [1.54, 1.807) is 24.3 Å². The topological polar surface area (TPSA) is 81.6 Å². The second-order valence-electron chi connectivity index (χ2n) is 4.64. The molecule has 0 bridgehead atoms. The van der Waals surface area contributed by atoms with E-state index in [4.69, 9.17) is 5.26 Å². The van der Waals surface area contributed by atoms with Crippen molar-refractivity contribution in [3.05, 3.63) is 59.7 Å². The van der Waals surface area contributed by atoms with Crippen molar-refractivity contribution in [2.24, 2.45) is 0 Å². The van der Waals surface area contributed by atoms with Gasteiger partial charge < -0.3 is 4.98 Å². The highest BCUT2D eigenvalue weighted by Crippen LogP contribution is 2.13. The van der Waals surface area contributed by atoms with Gasteiger partial charge in [0.25, 0.3) is 0 Å². The highest BCUT2D eigenvalue weighted by Gasteiger charge is 2.07. The molecule has 21 heavy (non-hydrogen) atoms. The van der Waals surface area contributed by atoms with Crippen LogP contribution in [-0.4, -0.2) is 15.9 Å². The number of nitrogens with zero attached hydrogens (tertiary/aromatic N) is 2. The van der Waals surface area contributed by atoms with E-state index in [0.717, 1.165) is 16.6 Å². The SMILES string of the molecule is N#Cc1ccc(CC(=O)Nc2nc3ccccc3[nH]2)cc1. The van der Waals surface area contributed by atoms with Crippen molar-refractivity contribution in [2.75, 3.05) is 5.32 Å². The summed E-state index contributed by atoms with van der Waals surface area (Å²) >= 11 is 0. The van der Waals surface area contributed by atoms with Gasteiger partial charge in [-0.15, -0.1) is 0 Å². The van der Waals surface area contributed by atoms with Crippen LogP contribution < -0.4 is 5.32 Å². The van der Waals surface area contributed by atoms with Gasteiger partial charge in [-0.25, -0.2) is 4.98 Å². The summed E-state index contributed by atoms with van der Waals surface area (Å²) in [5.74, 6) is 0.286. The fourth-order valence-corrected chi connectivity index (χ4v) is 2.07. The lowest BCUT2D eigenvalue weighted by Crippen LogP contribution is -2.15. The summed E-state index contributed by atoms with van der Waals surface area (Å²) in [6.07, 6.45) is 0.239. The number of benzene rings is 2. The van der Waals surface area contributed by atoms with E-state index in [2.05, 4.69) is 15.3 Å². The lowest BCUT2D eigenvalue weighted by atomic mass is 10.1. The number of fused-ring (bicyclic) bond motifs is 1. The van der Waals surface area contributed by atoms with Crippen molar-refractivity contribution in [1.29, 1.82) is 5.26 Å². The fraction of sp³-hybridized carbons (Fsp3) is 0.0625. The van der Waals surface area contributed by atoms with Crippen LogP contribution in [-0.2, 0) is 11.2 Å². The molecule has 0 saturated heterocycles. The third-order valence-electron chi connectivity index (χ3n) is 3.09. The van der Waals surface area contributed by atoms with Gasteiger partial charge in [-0.1, -0.05) is 24.3 Å². The van der Waals surface area contributed by atoms with Gasteiger partial charge in [0.2, 0.25) is 11.9 Å². The van der Waals surface area contributed by atoms with Gasteiger partial charge in [0, 0.05) is 0 Å². The maximum absolute atomic E-state index is 12.0. The summed E-state index contributed by atoms with van der Waals surface area (Å²) in [6, 6.07) is 16.6. The van der Waals surface area contributed by atoms with Crippen LogP contribution in [0.25, 0.3) is 11.0 Å². The van der Waals surface area contributed by atoms with Gasteiger partial charge in [0.1, 0.15) is 0 Å². The predicted octanol–water partition coefficient (Wildman–Crippen LogP) is 2.62. The average Bonchev–Trinajstić information content (AvgIpc) is 2.90. The number of H-pyrrole nitrogens is 1. The molecule has 0 spiro atoms. The molecule has 1 aromatic heterocycles.